The number of aromatic hydroxyl groups is 1. The molecule has 0 amide bonds. The van der Waals surface area contributed by atoms with Gasteiger partial charge in [0.1, 0.15) is 6.61 Å². The van der Waals surface area contributed by atoms with Crippen molar-refractivity contribution >= 4 is 11.4 Å². The molecule has 2 aromatic carbocycles. The molecule has 2 aromatic rings. The Labute approximate surface area is 219 Å². The molecule has 3 aliphatic carbocycles. The van der Waals surface area contributed by atoms with Gasteiger partial charge in [-0.05, 0) is 78.5 Å². The number of benzene rings is 2. The Bertz CT molecular complexity index is 1170. The molecule has 0 spiro atoms. The second kappa shape index (κ2) is 11.1. The van der Waals surface area contributed by atoms with E-state index in [1.807, 2.05) is 6.07 Å². The Kier molecular flexibility index (Phi) is 8.52. The maximum Gasteiger partial charge on any atom is 0.269 e. The average molecular weight is 513 g/mol. The topological polar surface area (TPSA) is 114 Å². The molecular weight excluding hydrogens is 472 g/mol. The summed E-state index contributed by atoms with van der Waals surface area (Å²) < 4.78 is 5.42. The van der Waals surface area contributed by atoms with Crippen molar-refractivity contribution in [1.29, 1.82) is 0 Å². The van der Waals surface area contributed by atoms with Crippen LogP contribution < -0.4 is 4.74 Å². The molecule has 5 atom stereocenters. The number of rotatable bonds is 5. The van der Waals surface area contributed by atoms with Crippen LogP contribution in [0.3, 0.4) is 0 Å². The number of phenolic OH excluding ortho intramolecular Hbond substituents is 1. The van der Waals surface area contributed by atoms with Crippen molar-refractivity contribution in [2.24, 2.45) is 22.4 Å². The zero-order chi connectivity index (χ0) is 24.7. The molecule has 8 nitrogen and oxygen atoms in total. The largest absolute Gasteiger partial charge is 0.504 e. The first-order valence-corrected chi connectivity index (χ1v) is 12.3. The summed E-state index contributed by atoms with van der Waals surface area (Å²) >= 11 is 0. The standard InChI is InChI=1S/C27H32N2O6.2CH4/c1-27-10-9-18-19-14-25(34-2)24(30)13-21(19)23(12-20(18)22(27)7-4-8-26(27)31)28-35-15-16-5-3-6-17(11-16)29(32)33;;/h3,5-6,11,13-14,18,20,22,26,30-31H,4,7-10,12,15H2,1-2H3;2*1H4/b28-23+;;/t18?,20-,22?,26+,27+;;/m1../s1. The molecule has 8 heteroatoms. The third kappa shape index (κ3) is 5.04. The van der Waals surface area contributed by atoms with Gasteiger partial charge in [0.05, 0.1) is 23.8 Å². The van der Waals surface area contributed by atoms with E-state index in [0.717, 1.165) is 48.9 Å². The third-order valence-corrected chi connectivity index (χ3v) is 8.65. The highest BCUT2D eigenvalue weighted by atomic mass is 16.6. The molecular formula is C29H40N2O6. The van der Waals surface area contributed by atoms with Crippen LogP contribution in [0, 0.1) is 27.4 Å². The molecule has 2 saturated carbocycles. The zero-order valence-corrected chi connectivity index (χ0v) is 20.1. The number of methoxy groups -OCH3 is 1. The number of hydrogen-bond donors (Lipinski definition) is 2. The van der Waals surface area contributed by atoms with Gasteiger partial charge in [0.2, 0.25) is 0 Å². The minimum absolute atomic E-state index is 0. The predicted octanol–water partition coefficient (Wildman–Crippen LogP) is 6.57. The highest BCUT2D eigenvalue weighted by molar-refractivity contribution is 6.03. The van der Waals surface area contributed by atoms with E-state index in [-0.39, 0.29) is 44.4 Å². The molecule has 0 aliphatic heterocycles. The zero-order valence-electron chi connectivity index (χ0n) is 20.1. The van der Waals surface area contributed by atoms with Gasteiger partial charge in [0, 0.05) is 17.7 Å². The van der Waals surface area contributed by atoms with Crippen molar-refractivity contribution in [3.05, 3.63) is 63.2 Å². The van der Waals surface area contributed by atoms with Gasteiger partial charge in [-0.15, -0.1) is 0 Å². The summed E-state index contributed by atoms with van der Waals surface area (Å²) in [5.74, 6) is 1.49. The molecule has 0 bridgehead atoms. The molecule has 37 heavy (non-hydrogen) atoms. The number of oxime groups is 1. The number of phenols is 1. The summed E-state index contributed by atoms with van der Waals surface area (Å²) in [4.78, 5) is 16.4. The van der Waals surface area contributed by atoms with Gasteiger partial charge in [0.15, 0.2) is 11.5 Å². The van der Waals surface area contributed by atoms with E-state index >= 15 is 0 Å². The lowest BCUT2D eigenvalue weighted by Crippen LogP contribution is -2.51. The first kappa shape index (κ1) is 28.4. The van der Waals surface area contributed by atoms with Gasteiger partial charge in [-0.25, -0.2) is 0 Å². The fraction of sp³-hybridized carbons (Fsp3) is 0.552. The van der Waals surface area contributed by atoms with Gasteiger partial charge < -0.3 is 19.8 Å². The summed E-state index contributed by atoms with van der Waals surface area (Å²) in [6.45, 7) is 2.34. The maximum absolute atomic E-state index is 11.1. The summed E-state index contributed by atoms with van der Waals surface area (Å²) in [7, 11) is 1.55. The molecule has 2 fully saturated rings. The Hall–Kier alpha value is -3.13. The van der Waals surface area contributed by atoms with E-state index in [1.54, 1.807) is 25.3 Å². The van der Waals surface area contributed by atoms with E-state index in [1.165, 1.54) is 12.1 Å². The monoisotopic (exact) mass is 512 g/mol. The number of nitrogens with zero attached hydrogens (tertiary/aromatic N) is 2. The van der Waals surface area contributed by atoms with E-state index in [4.69, 9.17) is 9.57 Å². The molecule has 0 radical (unpaired) electrons. The average Bonchev–Trinajstić information content (AvgIpc) is 2.84. The van der Waals surface area contributed by atoms with E-state index in [9.17, 15) is 20.3 Å². The first-order valence-electron chi connectivity index (χ1n) is 12.3. The summed E-state index contributed by atoms with van der Waals surface area (Å²) in [5.41, 5.74) is 3.30. The quantitative estimate of drug-likeness (QED) is 0.346. The van der Waals surface area contributed by atoms with Gasteiger partial charge in [0.25, 0.3) is 5.69 Å². The third-order valence-electron chi connectivity index (χ3n) is 8.65. The second-order valence-corrected chi connectivity index (χ2v) is 10.4. The molecule has 3 aliphatic rings. The number of nitro benzene ring substituents is 1. The van der Waals surface area contributed by atoms with Crippen LogP contribution in [0.15, 0.2) is 41.6 Å². The Morgan fingerprint density at radius 1 is 1.19 bits per heavy atom. The van der Waals surface area contributed by atoms with Crippen molar-refractivity contribution in [3.8, 4) is 11.5 Å². The smallest absolute Gasteiger partial charge is 0.269 e. The first-order chi connectivity index (χ1) is 16.8. The maximum atomic E-state index is 11.1. The number of hydrogen-bond acceptors (Lipinski definition) is 7. The van der Waals surface area contributed by atoms with Crippen LogP contribution in [0.2, 0.25) is 0 Å². The van der Waals surface area contributed by atoms with Crippen molar-refractivity contribution < 1.29 is 24.7 Å². The lowest BCUT2D eigenvalue weighted by Gasteiger charge is -2.56. The molecule has 0 aromatic heterocycles. The van der Waals surface area contributed by atoms with Gasteiger partial charge >= 0.3 is 0 Å². The van der Waals surface area contributed by atoms with Gasteiger partial charge in [-0.3, -0.25) is 10.1 Å². The number of fused-ring (bicyclic) bond motifs is 5. The highest BCUT2D eigenvalue weighted by Crippen LogP contribution is 2.60. The molecule has 2 unspecified atom stereocenters. The van der Waals surface area contributed by atoms with Crippen LogP contribution in [0.4, 0.5) is 5.69 Å². The number of aliphatic hydroxyl groups excluding tert-OH is 1. The Morgan fingerprint density at radius 2 is 1.97 bits per heavy atom. The van der Waals surface area contributed by atoms with Crippen LogP contribution in [-0.2, 0) is 11.4 Å². The highest BCUT2D eigenvalue weighted by Gasteiger charge is 2.53. The van der Waals surface area contributed by atoms with Crippen LogP contribution in [0.25, 0.3) is 0 Å². The minimum Gasteiger partial charge on any atom is -0.504 e. The molecule has 202 valence electrons. The Morgan fingerprint density at radius 3 is 2.70 bits per heavy atom. The van der Waals surface area contributed by atoms with Crippen molar-refractivity contribution in [3.63, 3.8) is 0 Å². The second-order valence-electron chi connectivity index (χ2n) is 10.4. The fourth-order valence-electron chi connectivity index (χ4n) is 6.79. The summed E-state index contributed by atoms with van der Waals surface area (Å²) in [6.07, 6.45) is 5.31. The van der Waals surface area contributed by atoms with E-state index in [0.29, 0.717) is 35.5 Å². The van der Waals surface area contributed by atoms with Crippen LogP contribution in [-0.4, -0.2) is 34.1 Å². The van der Waals surface area contributed by atoms with Crippen molar-refractivity contribution in [2.45, 2.75) is 78.9 Å². The van der Waals surface area contributed by atoms with Crippen molar-refractivity contribution in [2.75, 3.05) is 7.11 Å². The minimum atomic E-state index is -0.429. The lowest BCUT2D eigenvalue weighted by molar-refractivity contribution is -0.384. The number of aliphatic hydroxyl groups is 1. The van der Waals surface area contributed by atoms with Crippen LogP contribution >= 0.6 is 0 Å². The molecule has 0 heterocycles. The van der Waals surface area contributed by atoms with Crippen molar-refractivity contribution in [1.82, 2.24) is 0 Å². The van der Waals surface area contributed by atoms with Crippen LogP contribution in [0.5, 0.6) is 11.5 Å². The lowest BCUT2D eigenvalue weighted by atomic mass is 9.50. The Balaban J connectivity index is 0.00000190. The predicted molar refractivity (Wildman–Crippen MR) is 144 cm³/mol. The fourth-order valence-corrected chi connectivity index (χ4v) is 6.79. The summed E-state index contributed by atoms with van der Waals surface area (Å²) in [6, 6.07) is 9.97. The number of ether oxygens (including phenoxy) is 1. The van der Waals surface area contributed by atoms with Gasteiger partial charge in [-0.2, -0.15) is 0 Å². The molecule has 2 N–H and O–H groups in total. The number of non-ortho nitro benzene ring substituents is 1. The van der Waals surface area contributed by atoms with Gasteiger partial charge in [-0.1, -0.05) is 45.5 Å². The summed E-state index contributed by atoms with van der Waals surface area (Å²) in [5, 5.41) is 37.0. The normalized spacial score (nSPS) is 29.0. The number of nitro groups is 1. The van der Waals surface area contributed by atoms with E-state index < -0.39 is 4.92 Å². The van der Waals surface area contributed by atoms with Crippen LogP contribution in [0.1, 0.15) is 82.9 Å². The SMILES string of the molecule is C.C.COc1cc2c(cc1O)/C(=N/OCc1cccc([N+](=O)[O-])c1)C[C@@H]1C2CC[C@@]2(C)C1CCC[C@@H]2O. The van der Waals surface area contributed by atoms with E-state index in [2.05, 4.69) is 12.1 Å². The molecule has 5 rings (SSSR count). The molecule has 0 saturated heterocycles.